The molecule has 92 valence electrons. The molecule has 17 heavy (non-hydrogen) atoms. The molecule has 0 saturated heterocycles. The Hall–Kier alpha value is -1.62. The zero-order valence-corrected chi connectivity index (χ0v) is 10.2. The van der Waals surface area contributed by atoms with Crippen LogP contribution in [-0.4, -0.2) is 17.4 Å². The summed E-state index contributed by atoms with van der Waals surface area (Å²) in [6.45, 7) is 2.61. The Kier molecular flexibility index (Phi) is 4.90. The van der Waals surface area contributed by atoms with Gasteiger partial charge in [-0.1, -0.05) is 24.9 Å². The summed E-state index contributed by atoms with van der Waals surface area (Å²) in [5.74, 6) is -0.268. The van der Waals surface area contributed by atoms with Crippen molar-refractivity contribution in [3.63, 3.8) is 0 Å². The van der Waals surface area contributed by atoms with E-state index in [1.807, 2.05) is 6.92 Å². The van der Waals surface area contributed by atoms with Gasteiger partial charge < -0.3 is 5.32 Å². The molecule has 0 atom stereocenters. The lowest BCUT2D eigenvalue weighted by molar-refractivity contribution is -0.384. The number of hydrogen-bond donors (Lipinski definition) is 1. The zero-order chi connectivity index (χ0) is 12.8. The molecule has 0 spiro atoms. The predicted molar refractivity (Wildman–Crippen MR) is 65.3 cm³/mol. The number of nitrogens with one attached hydrogen (secondary N) is 1. The van der Waals surface area contributed by atoms with Crippen molar-refractivity contribution in [1.29, 1.82) is 0 Å². The van der Waals surface area contributed by atoms with Crippen LogP contribution in [-0.2, 0) is 0 Å². The first-order chi connectivity index (χ1) is 8.06. The van der Waals surface area contributed by atoms with Crippen LogP contribution in [0.2, 0.25) is 5.02 Å². The van der Waals surface area contributed by atoms with Gasteiger partial charge in [0.25, 0.3) is 11.6 Å². The number of nitrogens with zero attached hydrogens (tertiary/aromatic N) is 1. The molecule has 1 aromatic carbocycles. The number of halogens is 1. The van der Waals surface area contributed by atoms with Crippen molar-refractivity contribution in [3.8, 4) is 0 Å². The molecule has 0 aliphatic carbocycles. The van der Waals surface area contributed by atoms with Crippen LogP contribution in [0.5, 0.6) is 0 Å². The third kappa shape index (κ3) is 3.71. The molecule has 1 N–H and O–H groups in total. The molecule has 0 radical (unpaired) electrons. The Morgan fingerprint density at radius 3 is 2.76 bits per heavy atom. The minimum Gasteiger partial charge on any atom is -0.352 e. The lowest BCUT2D eigenvalue weighted by Gasteiger charge is -2.04. The average Bonchev–Trinajstić information content (AvgIpc) is 2.28. The molecule has 0 unspecified atom stereocenters. The van der Waals surface area contributed by atoms with E-state index in [0.717, 1.165) is 12.8 Å². The number of carbonyl (C=O) groups excluding carboxylic acids is 1. The first kappa shape index (κ1) is 13.4. The molecule has 1 aromatic rings. The largest absolute Gasteiger partial charge is 0.352 e. The Balaban J connectivity index is 2.76. The third-order valence-corrected chi connectivity index (χ3v) is 2.53. The molecule has 0 aromatic heterocycles. The van der Waals surface area contributed by atoms with Crippen LogP contribution < -0.4 is 5.32 Å². The number of rotatable bonds is 5. The fourth-order valence-electron chi connectivity index (χ4n) is 1.28. The van der Waals surface area contributed by atoms with Gasteiger partial charge in [0.05, 0.1) is 4.92 Å². The molecule has 0 fully saturated rings. The summed E-state index contributed by atoms with van der Waals surface area (Å²) in [4.78, 5) is 21.6. The maximum Gasteiger partial charge on any atom is 0.287 e. The van der Waals surface area contributed by atoms with Crippen molar-refractivity contribution in [1.82, 2.24) is 5.32 Å². The van der Waals surface area contributed by atoms with Crippen LogP contribution >= 0.6 is 11.6 Å². The number of carbonyl (C=O) groups is 1. The highest BCUT2D eigenvalue weighted by molar-refractivity contribution is 6.33. The topological polar surface area (TPSA) is 72.2 Å². The van der Waals surface area contributed by atoms with Crippen LogP contribution in [0.15, 0.2) is 18.2 Å². The van der Waals surface area contributed by atoms with Gasteiger partial charge in [-0.2, -0.15) is 0 Å². The standard InChI is InChI=1S/C11H13ClN2O3/c1-2-3-6-13-11(15)8-4-5-10(14(16)17)9(12)7-8/h4-5,7H,2-3,6H2,1H3,(H,13,15). The summed E-state index contributed by atoms with van der Waals surface area (Å²) >= 11 is 5.71. The third-order valence-electron chi connectivity index (χ3n) is 2.22. The summed E-state index contributed by atoms with van der Waals surface area (Å²) < 4.78 is 0. The maximum absolute atomic E-state index is 11.6. The highest BCUT2D eigenvalue weighted by Crippen LogP contribution is 2.24. The summed E-state index contributed by atoms with van der Waals surface area (Å²) in [6.07, 6.45) is 1.88. The van der Waals surface area contributed by atoms with Gasteiger partial charge in [-0.15, -0.1) is 0 Å². The molecule has 6 heteroatoms. The molecular weight excluding hydrogens is 244 g/mol. The van der Waals surface area contributed by atoms with Crippen LogP contribution in [0.4, 0.5) is 5.69 Å². The number of nitro benzene ring substituents is 1. The molecule has 0 saturated carbocycles. The molecule has 0 aliphatic heterocycles. The van der Waals surface area contributed by atoms with Gasteiger partial charge in [0.1, 0.15) is 5.02 Å². The first-order valence-electron chi connectivity index (χ1n) is 5.28. The molecule has 0 heterocycles. The number of amides is 1. The van der Waals surface area contributed by atoms with Crippen molar-refractivity contribution < 1.29 is 9.72 Å². The molecule has 5 nitrogen and oxygen atoms in total. The van der Waals surface area contributed by atoms with Gasteiger partial charge >= 0.3 is 0 Å². The van der Waals surface area contributed by atoms with Crippen LogP contribution in [0, 0.1) is 10.1 Å². The van der Waals surface area contributed by atoms with Gasteiger partial charge in [0, 0.05) is 18.2 Å². The number of nitro groups is 1. The van der Waals surface area contributed by atoms with Crippen LogP contribution in [0.3, 0.4) is 0 Å². The summed E-state index contributed by atoms with van der Waals surface area (Å²) in [6, 6.07) is 3.93. The number of benzene rings is 1. The lowest BCUT2D eigenvalue weighted by atomic mass is 10.2. The Morgan fingerprint density at radius 1 is 1.53 bits per heavy atom. The van der Waals surface area contributed by atoms with Crippen molar-refractivity contribution in [2.45, 2.75) is 19.8 Å². The normalized spacial score (nSPS) is 10.0. The van der Waals surface area contributed by atoms with E-state index in [0.29, 0.717) is 12.1 Å². The molecule has 1 rings (SSSR count). The van der Waals surface area contributed by atoms with E-state index >= 15 is 0 Å². The lowest BCUT2D eigenvalue weighted by Crippen LogP contribution is -2.24. The number of hydrogen-bond acceptors (Lipinski definition) is 3. The summed E-state index contributed by atoms with van der Waals surface area (Å²) in [5.41, 5.74) is 0.133. The van der Waals surface area contributed by atoms with E-state index in [9.17, 15) is 14.9 Å². The van der Waals surface area contributed by atoms with Crippen LogP contribution in [0.1, 0.15) is 30.1 Å². The van der Waals surface area contributed by atoms with E-state index < -0.39 is 4.92 Å². The Bertz CT molecular complexity index is 435. The second-order valence-electron chi connectivity index (χ2n) is 3.53. The quantitative estimate of drug-likeness (QED) is 0.500. The first-order valence-corrected chi connectivity index (χ1v) is 5.66. The second kappa shape index (κ2) is 6.20. The Morgan fingerprint density at radius 2 is 2.24 bits per heavy atom. The van der Waals surface area contributed by atoms with Gasteiger partial charge in [0.15, 0.2) is 0 Å². The van der Waals surface area contributed by atoms with E-state index in [-0.39, 0.29) is 16.6 Å². The smallest absolute Gasteiger partial charge is 0.287 e. The van der Waals surface area contributed by atoms with Gasteiger partial charge in [-0.25, -0.2) is 0 Å². The van der Waals surface area contributed by atoms with Crippen molar-refractivity contribution in [2.24, 2.45) is 0 Å². The van der Waals surface area contributed by atoms with E-state index in [1.165, 1.54) is 18.2 Å². The molecule has 1 amide bonds. The maximum atomic E-state index is 11.6. The minimum atomic E-state index is -0.582. The number of unbranched alkanes of at least 4 members (excludes halogenated alkanes) is 1. The van der Waals surface area contributed by atoms with Gasteiger partial charge in [-0.3, -0.25) is 14.9 Å². The SMILES string of the molecule is CCCCNC(=O)c1ccc([N+](=O)[O-])c(Cl)c1. The Labute approximate surface area is 104 Å². The van der Waals surface area contributed by atoms with E-state index in [4.69, 9.17) is 11.6 Å². The highest BCUT2D eigenvalue weighted by atomic mass is 35.5. The molecule has 0 bridgehead atoms. The minimum absolute atomic E-state index is 0.0295. The fourth-order valence-corrected chi connectivity index (χ4v) is 1.53. The molecular formula is C11H13ClN2O3. The summed E-state index contributed by atoms with van der Waals surface area (Å²) in [7, 11) is 0. The van der Waals surface area contributed by atoms with Crippen molar-refractivity contribution in [2.75, 3.05) is 6.54 Å². The highest BCUT2D eigenvalue weighted by Gasteiger charge is 2.14. The van der Waals surface area contributed by atoms with Crippen LogP contribution in [0.25, 0.3) is 0 Å². The monoisotopic (exact) mass is 256 g/mol. The van der Waals surface area contributed by atoms with Gasteiger partial charge in [-0.05, 0) is 18.6 Å². The summed E-state index contributed by atoms with van der Waals surface area (Å²) in [5, 5.41) is 13.2. The zero-order valence-electron chi connectivity index (χ0n) is 9.40. The van der Waals surface area contributed by atoms with E-state index in [2.05, 4.69) is 5.32 Å². The fraction of sp³-hybridized carbons (Fsp3) is 0.364. The van der Waals surface area contributed by atoms with Gasteiger partial charge in [0.2, 0.25) is 0 Å². The van der Waals surface area contributed by atoms with Crippen molar-refractivity contribution >= 4 is 23.2 Å². The molecule has 0 aliphatic rings. The van der Waals surface area contributed by atoms with Crippen molar-refractivity contribution in [3.05, 3.63) is 38.9 Å². The average molecular weight is 257 g/mol. The predicted octanol–water partition coefficient (Wildman–Crippen LogP) is 2.78. The van der Waals surface area contributed by atoms with E-state index in [1.54, 1.807) is 0 Å². The second-order valence-corrected chi connectivity index (χ2v) is 3.94.